The lowest BCUT2D eigenvalue weighted by atomic mass is 10.1. The Bertz CT molecular complexity index is 566. The van der Waals surface area contributed by atoms with E-state index in [2.05, 4.69) is 19.2 Å². The van der Waals surface area contributed by atoms with Crippen molar-refractivity contribution in [2.75, 3.05) is 6.54 Å². The van der Waals surface area contributed by atoms with Crippen LogP contribution in [0, 0.1) is 12.7 Å². The van der Waals surface area contributed by atoms with Crippen LogP contribution in [0.15, 0.2) is 42.5 Å². The van der Waals surface area contributed by atoms with Crippen LogP contribution >= 0.6 is 0 Å². The number of halogens is 1. The first-order valence-electron chi connectivity index (χ1n) is 6.87. The molecule has 1 N–H and O–H groups in total. The SMILES string of the molecule is CCNC(C)c1ccc(Oc2ccc(F)c(C)c2)cc1. The topological polar surface area (TPSA) is 21.3 Å². The minimum absolute atomic E-state index is 0.216. The second kappa shape index (κ2) is 6.53. The molecule has 0 fully saturated rings. The van der Waals surface area contributed by atoms with Gasteiger partial charge < -0.3 is 10.1 Å². The largest absolute Gasteiger partial charge is 0.457 e. The van der Waals surface area contributed by atoms with E-state index in [0.717, 1.165) is 12.3 Å². The molecule has 1 unspecified atom stereocenters. The Balaban J connectivity index is 2.08. The molecule has 3 heteroatoms. The molecule has 2 aromatic carbocycles. The van der Waals surface area contributed by atoms with Crippen LogP contribution in [0.1, 0.15) is 31.0 Å². The van der Waals surface area contributed by atoms with Crippen molar-refractivity contribution in [1.29, 1.82) is 0 Å². The van der Waals surface area contributed by atoms with E-state index < -0.39 is 0 Å². The van der Waals surface area contributed by atoms with Crippen LogP contribution in [0.25, 0.3) is 0 Å². The van der Waals surface area contributed by atoms with Gasteiger partial charge >= 0.3 is 0 Å². The molecule has 0 saturated heterocycles. The van der Waals surface area contributed by atoms with Crippen LogP contribution in [0.5, 0.6) is 11.5 Å². The van der Waals surface area contributed by atoms with E-state index in [1.807, 2.05) is 24.3 Å². The maximum Gasteiger partial charge on any atom is 0.127 e. The number of aryl methyl sites for hydroxylation is 1. The quantitative estimate of drug-likeness (QED) is 0.859. The van der Waals surface area contributed by atoms with E-state index in [1.165, 1.54) is 11.6 Å². The predicted molar refractivity (Wildman–Crippen MR) is 79.7 cm³/mol. The highest BCUT2D eigenvalue weighted by atomic mass is 19.1. The fourth-order valence-electron chi connectivity index (χ4n) is 2.07. The first-order chi connectivity index (χ1) is 9.60. The number of nitrogens with one attached hydrogen (secondary N) is 1. The Hall–Kier alpha value is -1.87. The molecule has 0 heterocycles. The summed E-state index contributed by atoms with van der Waals surface area (Å²) in [5.74, 6) is 1.19. The van der Waals surface area contributed by atoms with E-state index in [9.17, 15) is 4.39 Å². The molecule has 0 aromatic heterocycles. The maximum atomic E-state index is 13.2. The summed E-state index contributed by atoms with van der Waals surface area (Å²) in [5, 5.41) is 3.36. The fraction of sp³-hybridized carbons (Fsp3) is 0.294. The summed E-state index contributed by atoms with van der Waals surface area (Å²) in [6.07, 6.45) is 0. The van der Waals surface area contributed by atoms with Crippen molar-refractivity contribution in [3.05, 3.63) is 59.4 Å². The molecule has 2 aromatic rings. The Morgan fingerprint density at radius 2 is 1.75 bits per heavy atom. The maximum absolute atomic E-state index is 13.2. The summed E-state index contributed by atoms with van der Waals surface area (Å²) in [4.78, 5) is 0. The summed E-state index contributed by atoms with van der Waals surface area (Å²) >= 11 is 0. The molecule has 1 atom stereocenters. The highest BCUT2D eigenvalue weighted by Crippen LogP contribution is 2.24. The molecule has 0 aliphatic rings. The number of ether oxygens (including phenoxy) is 1. The van der Waals surface area contributed by atoms with Crippen molar-refractivity contribution in [2.45, 2.75) is 26.8 Å². The van der Waals surface area contributed by atoms with Gasteiger partial charge in [-0.3, -0.25) is 0 Å². The zero-order chi connectivity index (χ0) is 14.5. The van der Waals surface area contributed by atoms with Crippen LogP contribution in [-0.2, 0) is 0 Å². The van der Waals surface area contributed by atoms with Crippen molar-refractivity contribution in [3.63, 3.8) is 0 Å². The van der Waals surface area contributed by atoms with Gasteiger partial charge in [0.1, 0.15) is 17.3 Å². The molecular weight excluding hydrogens is 253 g/mol. The lowest BCUT2D eigenvalue weighted by molar-refractivity contribution is 0.479. The third kappa shape index (κ3) is 3.58. The molecule has 2 nitrogen and oxygen atoms in total. The number of benzene rings is 2. The van der Waals surface area contributed by atoms with Crippen LogP contribution < -0.4 is 10.1 Å². The molecule has 0 bridgehead atoms. The van der Waals surface area contributed by atoms with Crippen LogP contribution in [0.2, 0.25) is 0 Å². The summed E-state index contributed by atoms with van der Waals surface area (Å²) < 4.78 is 18.9. The minimum atomic E-state index is -0.216. The van der Waals surface area contributed by atoms with Crippen LogP contribution in [0.3, 0.4) is 0 Å². The number of rotatable bonds is 5. The fourth-order valence-corrected chi connectivity index (χ4v) is 2.07. The van der Waals surface area contributed by atoms with Crippen molar-refractivity contribution < 1.29 is 9.13 Å². The van der Waals surface area contributed by atoms with E-state index in [-0.39, 0.29) is 5.82 Å². The Morgan fingerprint density at radius 3 is 2.35 bits per heavy atom. The van der Waals surface area contributed by atoms with Gasteiger partial charge in [0.15, 0.2) is 0 Å². The lowest BCUT2D eigenvalue weighted by Crippen LogP contribution is -2.17. The minimum Gasteiger partial charge on any atom is -0.457 e. The van der Waals surface area contributed by atoms with Gasteiger partial charge in [-0.25, -0.2) is 4.39 Å². The Kier molecular flexibility index (Phi) is 4.74. The van der Waals surface area contributed by atoms with Gasteiger partial charge in [-0.05, 0) is 61.9 Å². The highest BCUT2D eigenvalue weighted by molar-refractivity contribution is 5.36. The summed E-state index contributed by atoms with van der Waals surface area (Å²) in [7, 11) is 0. The van der Waals surface area contributed by atoms with Crippen molar-refractivity contribution >= 4 is 0 Å². The number of hydrogen-bond acceptors (Lipinski definition) is 2. The van der Waals surface area contributed by atoms with Gasteiger partial charge in [0.2, 0.25) is 0 Å². The monoisotopic (exact) mass is 273 g/mol. The third-order valence-electron chi connectivity index (χ3n) is 3.26. The second-order valence-corrected chi connectivity index (χ2v) is 4.86. The van der Waals surface area contributed by atoms with E-state index in [1.54, 1.807) is 19.1 Å². The molecular formula is C17H20FNO. The zero-order valence-corrected chi connectivity index (χ0v) is 12.1. The van der Waals surface area contributed by atoms with E-state index in [0.29, 0.717) is 17.4 Å². The van der Waals surface area contributed by atoms with Gasteiger partial charge in [-0.1, -0.05) is 19.1 Å². The molecule has 20 heavy (non-hydrogen) atoms. The molecule has 106 valence electrons. The molecule has 0 spiro atoms. The van der Waals surface area contributed by atoms with Gasteiger partial charge in [0.25, 0.3) is 0 Å². The Morgan fingerprint density at radius 1 is 1.10 bits per heavy atom. The van der Waals surface area contributed by atoms with Gasteiger partial charge in [0.05, 0.1) is 0 Å². The lowest BCUT2D eigenvalue weighted by Gasteiger charge is -2.13. The van der Waals surface area contributed by atoms with Crippen LogP contribution in [-0.4, -0.2) is 6.54 Å². The normalized spacial score (nSPS) is 12.2. The standard InChI is InChI=1S/C17H20FNO/c1-4-19-13(3)14-5-7-15(8-6-14)20-16-9-10-17(18)12(2)11-16/h5-11,13,19H,4H2,1-3H3. The molecule has 0 aliphatic heterocycles. The summed E-state index contributed by atoms with van der Waals surface area (Å²) in [5.41, 5.74) is 1.80. The summed E-state index contributed by atoms with van der Waals surface area (Å²) in [6.45, 7) is 6.88. The van der Waals surface area contributed by atoms with E-state index >= 15 is 0 Å². The van der Waals surface area contributed by atoms with E-state index in [4.69, 9.17) is 4.74 Å². The van der Waals surface area contributed by atoms with Crippen molar-refractivity contribution in [2.24, 2.45) is 0 Å². The molecule has 0 saturated carbocycles. The van der Waals surface area contributed by atoms with Crippen LogP contribution in [0.4, 0.5) is 4.39 Å². The average molecular weight is 273 g/mol. The molecule has 2 rings (SSSR count). The Labute approximate surface area is 119 Å². The smallest absolute Gasteiger partial charge is 0.127 e. The van der Waals surface area contributed by atoms with Crippen molar-refractivity contribution in [1.82, 2.24) is 5.32 Å². The van der Waals surface area contributed by atoms with Crippen molar-refractivity contribution in [3.8, 4) is 11.5 Å². The molecule has 0 aliphatic carbocycles. The van der Waals surface area contributed by atoms with Gasteiger partial charge in [-0.15, -0.1) is 0 Å². The highest BCUT2D eigenvalue weighted by Gasteiger charge is 2.05. The van der Waals surface area contributed by atoms with Gasteiger partial charge in [-0.2, -0.15) is 0 Å². The predicted octanol–water partition coefficient (Wildman–Crippen LogP) is 4.60. The molecule has 0 amide bonds. The average Bonchev–Trinajstić information content (AvgIpc) is 2.44. The first kappa shape index (κ1) is 14.5. The van der Waals surface area contributed by atoms with Gasteiger partial charge in [0, 0.05) is 6.04 Å². The summed E-state index contributed by atoms with van der Waals surface area (Å²) in [6, 6.07) is 13.0. The first-order valence-corrected chi connectivity index (χ1v) is 6.87. The molecule has 0 radical (unpaired) electrons. The zero-order valence-electron chi connectivity index (χ0n) is 12.1. The number of hydrogen-bond donors (Lipinski definition) is 1. The second-order valence-electron chi connectivity index (χ2n) is 4.86. The third-order valence-corrected chi connectivity index (χ3v) is 3.26.